The van der Waals surface area contributed by atoms with Gasteiger partial charge in [-0.1, -0.05) is 56.3 Å². The molecule has 0 spiro atoms. The maximum absolute atomic E-state index is 12.5. The molecule has 0 aliphatic rings. The Balaban J connectivity index is 1.60. The fourth-order valence-corrected chi connectivity index (χ4v) is 3.24. The van der Waals surface area contributed by atoms with Gasteiger partial charge in [-0.25, -0.2) is 4.98 Å². The topological polar surface area (TPSA) is 64.0 Å². The Morgan fingerprint density at radius 1 is 1.07 bits per heavy atom. The van der Waals surface area contributed by atoms with Gasteiger partial charge in [0.25, 0.3) is 5.56 Å². The number of aromatic nitrogens is 2. The van der Waals surface area contributed by atoms with Crippen LogP contribution in [-0.2, 0) is 11.3 Å². The summed E-state index contributed by atoms with van der Waals surface area (Å²) in [6.45, 7) is 5.22. The summed E-state index contributed by atoms with van der Waals surface area (Å²) >= 11 is 0. The standard InChI is InChI=1S/C22H25N3O2/c1-16(2)19(17-8-4-3-5-9-17)14-23-21(26)12-13-25-15-24-20-11-7-6-10-18(20)22(25)27/h3-11,15-16,19H,12-14H2,1-2H3,(H,23,26). The fourth-order valence-electron chi connectivity index (χ4n) is 3.24. The number of benzene rings is 2. The highest BCUT2D eigenvalue weighted by Crippen LogP contribution is 2.23. The van der Waals surface area contributed by atoms with Crippen LogP contribution in [0.1, 0.15) is 31.7 Å². The quantitative estimate of drug-likeness (QED) is 0.700. The summed E-state index contributed by atoms with van der Waals surface area (Å²) in [7, 11) is 0. The number of para-hydroxylation sites is 1. The molecule has 0 saturated heterocycles. The van der Waals surface area contributed by atoms with Crippen LogP contribution in [-0.4, -0.2) is 22.0 Å². The van der Waals surface area contributed by atoms with Crippen molar-refractivity contribution in [1.29, 1.82) is 0 Å². The van der Waals surface area contributed by atoms with E-state index >= 15 is 0 Å². The summed E-state index contributed by atoms with van der Waals surface area (Å²) < 4.78 is 1.50. The molecule has 1 aromatic heterocycles. The van der Waals surface area contributed by atoms with Gasteiger partial charge >= 0.3 is 0 Å². The molecule has 3 rings (SSSR count). The normalized spacial score (nSPS) is 12.3. The van der Waals surface area contributed by atoms with Crippen LogP contribution in [0.2, 0.25) is 0 Å². The summed E-state index contributed by atoms with van der Waals surface area (Å²) in [5.74, 6) is 0.622. The number of nitrogens with one attached hydrogen (secondary N) is 1. The predicted octanol–water partition coefficient (Wildman–Crippen LogP) is 3.34. The van der Waals surface area contributed by atoms with Crippen molar-refractivity contribution >= 4 is 16.8 Å². The van der Waals surface area contributed by atoms with Gasteiger partial charge in [0.1, 0.15) is 0 Å². The number of rotatable bonds is 7. The number of carbonyl (C=O) groups is 1. The number of carbonyl (C=O) groups excluding carboxylic acids is 1. The summed E-state index contributed by atoms with van der Waals surface area (Å²) in [5.41, 5.74) is 1.78. The van der Waals surface area contributed by atoms with Crippen LogP contribution < -0.4 is 10.9 Å². The van der Waals surface area contributed by atoms with Gasteiger partial charge in [0, 0.05) is 25.4 Å². The van der Waals surface area contributed by atoms with Crippen molar-refractivity contribution in [2.24, 2.45) is 5.92 Å². The molecule has 27 heavy (non-hydrogen) atoms. The molecule has 0 saturated carbocycles. The third-order valence-corrected chi connectivity index (χ3v) is 4.86. The average Bonchev–Trinajstić information content (AvgIpc) is 2.68. The van der Waals surface area contributed by atoms with Crippen LogP contribution in [0.25, 0.3) is 10.9 Å². The number of hydrogen-bond acceptors (Lipinski definition) is 3. The van der Waals surface area contributed by atoms with Crippen LogP contribution >= 0.6 is 0 Å². The lowest BCUT2D eigenvalue weighted by Crippen LogP contribution is -2.32. The second-order valence-corrected chi connectivity index (χ2v) is 7.08. The number of aryl methyl sites for hydroxylation is 1. The third kappa shape index (κ3) is 4.61. The minimum atomic E-state index is -0.113. The van der Waals surface area contributed by atoms with E-state index in [9.17, 15) is 9.59 Å². The van der Waals surface area contributed by atoms with E-state index in [-0.39, 0.29) is 23.8 Å². The molecular weight excluding hydrogens is 338 g/mol. The van der Waals surface area contributed by atoms with E-state index in [0.29, 0.717) is 29.9 Å². The lowest BCUT2D eigenvalue weighted by molar-refractivity contribution is -0.121. The Labute approximate surface area is 159 Å². The number of amides is 1. The van der Waals surface area contributed by atoms with Gasteiger partial charge in [-0.15, -0.1) is 0 Å². The highest BCUT2D eigenvalue weighted by molar-refractivity contribution is 5.77. The first-order valence-electron chi connectivity index (χ1n) is 9.32. The molecule has 1 amide bonds. The summed E-state index contributed by atoms with van der Waals surface area (Å²) in [5, 5.41) is 3.59. The Morgan fingerprint density at radius 2 is 1.78 bits per heavy atom. The minimum absolute atomic E-state index is 0.0587. The van der Waals surface area contributed by atoms with E-state index in [0.717, 1.165) is 0 Å². The van der Waals surface area contributed by atoms with Gasteiger partial charge < -0.3 is 5.32 Å². The molecule has 0 bridgehead atoms. The van der Waals surface area contributed by atoms with Crippen LogP contribution in [0.5, 0.6) is 0 Å². The molecule has 140 valence electrons. The van der Waals surface area contributed by atoms with Gasteiger partial charge in [-0.3, -0.25) is 14.2 Å². The second-order valence-electron chi connectivity index (χ2n) is 7.08. The Kier molecular flexibility index (Phi) is 6.01. The Hall–Kier alpha value is -2.95. The number of nitrogens with zero attached hydrogens (tertiary/aromatic N) is 2. The van der Waals surface area contributed by atoms with Crippen molar-refractivity contribution < 1.29 is 4.79 Å². The lowest BCUT2D eigenvalue weighted by Gasteiger charge is -2.22. The van der Waals surface area contributed by atoms with Crippen molar-refractivity contribution in [1.82, 2.24) is 14.9 Å². The molecule has 5 heteroatoms. The summed E-state index contributed by atoms with van der Waals surface area (Å²) in [4.78, 5) is 29.1. The molecule has 5 nitrogen and oxygen atoms in total. The Morgan fingerprint density at radius 3 is 2.52 bits per heavy atom. The fraction of sp³-hybridized carbons (Fsp3) is 0.318. The molecule has 1 heterocycles. The minimum Gasteiger partial charge on any atom is -0.355 e. The van der Waals surface area contributed by atoms with E-state index < -0.39 is 0 Å². The van der Waals surface area contributed by atoms with Crippen molar-refractivity contribution in [3.8, 4) is 0 Å². The monoisotopic (exact) mass is 363 g/mol. The molecule has 0 aliphatic heterocycles. The smallest absolute Gasteiger partial charge is 0.261 e. The third-order valence-electron chi connectivity index (χ3n) is 4.86. The van der Waals surface area contributed by atoms with E-state index in [1.807, 2.05) is 36.4 Å². The van der Waals surface area contributed by atoms with E-state index in [2.05, 4.69) is 36.3 Å². The van der Waals surface area contributed by atoms with Crippen LogP contribution in [0.15, 0.2) is 65.7 Å². The SMILES string of the molecule is CC(C)C(CNC(=O)CCn1cnc2ccccc2c1=O)c1ccccc1. The molecule has 1 atom stereocenters. The maximum Gasteiger partial charge on any atom is 0.261 e. The zero-order valence-electron chi connectivity index (χ0n) is 15.8. The number of hydrogen-bond donors (Lipinski definition) is 1. The zero-order chi connectivity index (χ0) is 19.2. The molecule has 0 aliphatic carbocycles. The molecule has 2 aromatic carbocycles. The molecule has 0 fully saturated rings. The zero-order valence-corrected chi connectivity index (χ0v) is 15.8. The van der Waals surface area contributed by atoms with Gasteiger partial charge in [-0.05, 0) is 23.6 Å². The van der Waals surface area contributed by atoms with Crippen molar-refractivity contribution in [2.75, 3.05) is 6.54 Å². The maximum atomic E-state index is 12.5. The largest absolute Gasteiger partial charge is 0.355 e. The molecule has 3 aromatic rings. The van der Waals surface area contributed by atoms with Gasteiger partial charge in [0.15, 0.2) is 0 Å². The number of fused-ring (bicyclic) bond motifs is 1. The molecule has 1 unspecified atom stereocenters. The highest BCUT2D eigenvalue weighted by Gasteiger charge is 2.16. The van der Waals surface area contributed by atoms with Crippen molar-refractivity contribution in [3.63, 3.8) is 0 Å². The summed E-state index contributed by atoms with van der Waals surface area (Å²) in [6.07, 6.45) is 1.76. The Bertz CT molecular complexity index is 964. The van der Waals surface area contributed by atoms with Crippen molar-refractivity contribution in [3.05, 3.63) is 76.8 Å². The summed E-state index contributed by atoms with van der Waals surface area (Å²) in [6, 6.07) is 17.5. The second kappa shape index (κ2) is 8.62. The highest BCUT2D eigenvalue weighted by atomic mass is 16.1. The van der Waals surface area contributed by atoms with Crippen LogP contribution in [0, 0.1) is 5.92 Å². The van der Waals surface area contributed by atoms with Gasteiger partial charge in [-0.2, -0.15) is 0 Å². The molecule has 1 N–H and O–H groups in total. The average molecular weight is 363 g/mol. The molecular formula is C22H25N3O2. The lowest BCUT2D eigenvalue weighted by atomic mass is 9.88. The first-order valence-corrected chi connectivity index (χ1v) is 9.32. The van der Waals surface area contributed by atoms with E-state index in [1.165, 1.54) is 16.5 Å². The van der Waals surface area contributed by atoms with Crippen LogP contribution in [0.4, 0.5) is 0 Å². The van der Waals surface area contributed by atoms with E-state index in [4.69, 9.17) is 0 Å². The van der Waals surface area contributed by atoms with Gasteiger partial charge in [0.2, 0.25) is 5.91 Å². The molecule has 0 radical (unpaired) electrons. The van der Waals surface area contributed by atoms with Crippen molar-refractivity contribution in [2.45, 2.75) is 32.7 Å². The van der Waals surface area contributed by atoms with Crippen LogP contribution in [0.3, 0.4) is 0 Å². The predicted molar refractivity (Wildman–Crippen MR) is 108 cm³/mol. The first-order chi connectivity index (χ1) is 13.1. The van der Waals surface area contributed by atoms with Gasteiger partial charge in [0.05, 0.1) is 17.2 Å². The first kappa shape index (κ1) is 18.8. The van der Waals surface area contributed by atoms with E-state index in [1.54, 1.807) is 6.07 Å².